The Labute approximate surface area is 117 Å². The van der Waals surface area contributed by atoms with Crippen molar-refractivity contribution in [3.05, 3.63) is 51.8 Å². The molecule has 7 heteroatoms. The van der Waals surface area contributed by atoms with E-state index in [4.69, 9.17) is 5.84 Å². The van der Waals surface area contributed by atoms with E-state index >= 15 is 0 Å². The van der Waals surface area contributed by atoms with Crippen LogP contribution in [0.15, 0.2) is 28.9 Å². The van der Waals surface area contributed by atoms with Crippen molar-refractivity contribution in [2.45, 2.75) is 12.5 Å². The van der Waals surface area contributed by atoms with Gasteiger partial charge in [0, 0.05) is 25.2 Å². The molecule has 102 valence electrons. The van der Waals surface area contributed by atoms with Crippen LogP contribution in [0.1, 0.15) is 17.3 Å². The van der Waals surface area contributed by atoms with E-state index in [0.717, 1.165) is 0 Å². The summed E-state index contributed by atoms with van der Waals surface area (Å²) < 4.78 is 29.4. The minimum Gasteiger partial charge on any atom is -0.275 e. The summed E-state index contributed by atoms with van der Waals surface area (Å²) in [4.78, 5) is 0. The molecule has 1 unspecified atom stereocenters. The Kier molecular flexibility index (Phi) is 4.28. The number of hydrazine groups is 1. The van der Waals surface area contributed by atoms with Crippen LogP contribution < -0.4 is 11.3 Å². The molecule has 1 atom stereocenters. The van der Waals surface area contributed by atoms with Gasteiger partial charge in [-0.1, -0.05) is 0 Å². The number of nitrogens with two attached hydrogens (primary N) is 1. The van der Waals surface area contributed by atoms with Gasteiger partial charge < -0.3 is 0 Å². The maximum atomic E-state index is 13.9. The molecular formula is C12H13BrF2N4. The molecule has 3 N–H and O–H groups in total. The zero-order valence-corrected chi connectivity index (χ0v) is 11.8. The number of aromatic nitrogens is 2. The quantitative estimate of drug-likeness (QED) is 0.513. The Bertz CT molecular complexity index is 585. The maximum absolute atomic E-state index is 13.9. The van der Waals surface area contributed by atoms with Crippen molar-refractivity contribution in [1.29, 1.82) is 0 Å². The maximum Gasteiger partial charge on any atom is 0.143 e. The lowest BCUT2D eigenvalue weighted by Gasteiger charge is -2.15. The highest BCUT2D eigenvalue weighted by Gasteiger charge is 2.19. The predicted octanol–water partition coefficient (Wildman–Crippen LogP) is 2.21. The number of rotatable bonds is 4. The number of hydrogen-bond acceptors (Lipinski definition) is 3. The summed E-state index contributed by atoms with van der Waals surface area (Å²) in [6, 6.07) is 3.84. The van der Waals surface area contributed by atoms with Crippen LogP contribution in [0.5, 0.6) is 0 Å². The van der Waals surface area contributed by atoms with Gasteiger partial charge in [0.05, 0.1) is 16.2 Å². The van der Waals surface area contributed by atoms with Crippen LogP contribution in [0, 0.1) is 11.6 Å². The lowest BCUT2D eigenvalue weighted by molar-refractivity contribution is 0.487. The number of halogens is 3. The topological polar surface area (TPSA) is 55.9 Å². The summed E-state index contributed by atoms with van der Waals surface area (Å²) in [6.45, 7) is 0. The smallest absolute Gasteiger partial charge is 0.143 e. The molecule has 0 saturated carbocycles. The van der Waals surface area contributed by atoms with Gasteiger partial charge in [0.1, 0.15) is 11.6 Å². The van der Waals surface area contributed by atoms with Gasteiger partial charge in [0.15, 0.2) is 0 Å². The molecule has 1 aromatic carbocycles. The van der Waals surface area contributed by atoms with E-state index in [-0.39, 0.29) is 16.5 Å². The number of hydrogen-bond donors (Lipinski definition) is 2. The molecule has 0 fully saturated rings. The molecule has 2 aromatic rings. The van der Waals surface area contributed by atoms with Gasteiger partial charge in [0.2, 0.25) is 0 Å². The number of aryl methyl sites for hydroxylation is 1. The summed E-state index contributed by atoms with van der Waals surface area (Å²) in [6.07, 6.45) is 1.82. The largest absolute Gasteiger partial charge is 0.275 e. The van der Waals surface area contributed by atoms with Crippen LogP contribution in [0.4, 0.5) is 8.78 Å². The molecular weight excluding hydrogens is 318 g/mol. The Morgan fingerprint density at radius 3 is 2.74 bits per heavy atom. The van der Waals surface area contributed by atoms with E-state index in [2.05, 4.69) is 26.5 Å². The van der Waals surface area contributed by atoms with Crippen LogP contribution in [0.3, 0.4) is 0 Å². The van der Waals surface area contributed by atoms with Gasteiger partial charge in [-0.25, -0.2) is 8.78 Å². The van der Waals surface area contributed by atoms with Gasteiger partial charge >= 0.3 is 0 Å². The van der Waals surface area contributed by atoms with Gasteiger partial charge in [-0.15, -0.1) is 0 Å². The highest BCUT2D eigenvalue weighted by Crippen LogP contribution is 2.25. The second-order valence-corrected chi connectivity index (χ2v) is 5.01. The zero-order chi connectivity index (χ0) is 14.0. The Hall–Kier alpha value is -1.31. The van der Waals surface area contributed by atoms with E-state index in [0.29, 0.717) is 5.69 Å². The lowest BCUT2D eigenvalue weighted by Crippen LogP contribution is -2.30. The SMILES string of the molecule is Cn1ccc(C(Cc2c(F)ccc(Br)c2F)NN)n1. The molecule has 0 aliphatic heterocycles. The molecule has 1 aromatic heterocycles. The summed E-state index contributed by atoms with van der Waals surface area (Å²) >= 11 is 3.04. The molecule has 0 amide bonds. The average Bonchev–Trinajstić information content (AvgIpc) is 2.81. The molecule has 2 rings (SSSR count). The third-order valence-corrected chi connectivity index (χ3v) is 3.45. The first-order chi connectivity index (χ1) is 9.02. The lowest BCUT2D eigenvalue weighted by atomic mass is 10.0. The average molecular weight is 331 g/mol. The highest BCUT2D eigenvalue weighted by atomic mass is 79.9. The summed E-state index contributed by atoms with van der Waals surface area (Å²) in [5.74, 6) is 4.23. The second-order valence-electron chi connectivity index (χ2n) is 4.16. The molecule has 19 heavy (non-hydrogen) atoms. The van der Waals surface area contributed by atoms with E-state index in [1.807, 2.05) is 0 Å². The van der Waals surface area contributed by atoms with Crippen molar-refractivity contribution in [3.63, 3.8) is 0 Å². The molecule has 0 bridgehead atoms. The van der Waals surface area contributed by atoms with Crippen molar-refractivity contribution >= 4 is 15.9 Å². The molecule has 1 heterocycles. The number of nitrogens with zero attached hydrogens (tertiary/aromatic N) is 2. The van der Waals surface area contributed by atoms with Crippen LogP contribution in [0.25, 0.3) is 0 Å². The third kappa shape index (κ3) is 2.99. The van der Waals surface area contributed by atoms with Crippen molar-refractivity contribution in [3.8, 4) is 0 Å². The standard InChI is InChI=1S/C12H13BrF2N4/c1-19-5-4-10(18-19)11(17-16)6-7-9(14)3-2-8(13)12(7)15/h2-5,11,17H,6,16H2,1H3. The van der Waals surface area contributed by atoms with Gasteiger partial charge in [-0.3, -0.25) is 16.0 Å². The van der Waals surface area contributed by atoms with E-state index < -0.39 is 17.7 Å². The Morgan fingerprint density at radius 2 is 2.16 bits per heavy atom. The molecule has 0 aliphatic carbocycles. The fourth-order valence-electron chi connectivity index (χ4n) is 1.83. The highest BCUT2D eigenvalue weighted by molar-refractivity contribution is 9.10. The summed E-state index contributed by atoms with van der Waals surface area (Å²) in [7, 11) is 1.76. The normalized spacial score (nSPS) is 12.7. The Balaban J connectivity index is 2.31. The first kappa shape index (κ1) is 14.1. The molecule has 0 saturated heterocycles. The minimum absolute atomic E-state index is 0.0250. The Morgan fingerprint density at radius 1 is 1.42 bits per heavy atom. The summed E-state index contributed by atoms with van der Waals surface area (Å²) in [5, 5.41) is 4.18. The van der Waals surface area contributed by atoms with Crippen molar-refractivity contribution in [1.82, 2.24) is 15.2 Å². The van der Waals surface area contributed by atoms with Gasteiger partial charge in [-0.05, 0) is 34.1 Å². The monoisotopic (exact) mass is 330 g/mol. The van der Waals surface area contributed by atoms with Gasteiger partial charge in [0.25, 0.3) is 0 Å². The molecule has 0 aliphatic rings. The number of benzene rings is 1. The second kappa shape index (κ2) is 5.77. The predicted molar refractivity (Wildman–Crippen MR) is 71.0 cm³/mol. The van der Waals surface area contributed by atoms with Gasteiger partial charge in [-0.2, -0.15) is 5.10 Å². The van der Waals surface area contributed by atoms with E-state index in [9.17, 15) is 8.78 Å². The fraction of sp³-hybridized carbons (Fsp3) is 0.250. The summed E-state index contributed by atoms with van der Waals surface area (Å²) in [5.41, 5.74) is 3.13. The molecule has 0 spiro atoms. The number of nitrogens with one attached hydrogen (secondary N) is 1. The third-order valence-electron chi connectivity index (χ3n) is 2.84. The van der Waals surface area contributed by atoms with Crippen LogP contribution in [0.2, 0.25) is 0 Å². The first-order valence-electron chi connectivity index (χ1n) is 5.61. The molecule has 0 radical (unpaired) electrons. The molecule has 4 nitrogen and oxygen atoms in total. The van der Waals surface area contributed by atoms with Crippen molar-refractivity contribution < 1.29 is 8.78 Å². The first-order valence-corrected chi connectivity index (χ1v) is 6.40. The minimum atomic E-state index is -0.615. The fourth-order valence-corrected chi connectivity index (χ4v) is 2.20. The zero-order valence-electron chi connectivity index (χ0n) is 10.2. The van der Waals surface area contributed by atoms with Crippen LogP contribution in [-0.2, 0) is 13.5 Å². The van der Waals surface area contributed by atoms with Crippen molar-refractivity contribution in [2.75, 3.05) is 0 Å². The van der Waals surface area contributed by atoms with Crippen LogP contribution >= 0.6 is 15.9 Å². The van der Waals surface area contributed by atoms with Crippen LogP contribution in [-0.4, -0.2) is 9.78 Å². The van der Waals surface area contributed by atoms with E-state index in [1.165, 1.54) is 12.1 Å². The van der Waals surface area contributed by atoms with Crippen molar-refractivity contribution in [2.24, 2.45) is 12.9 Å². The van der Waals surface area contributed by atoms with E-state index in [1.54, 1.807) is 24.0 Å².